The Balaban J connectivity index is 2.14. The van der Waals surface area contributed by atoms with Crippen LogP contribution in [0.5, 0.6) is 0 Å². The molecule has 0 unspecified atom stereocenters. The minimum absolute atomic E-state index is 0.123. The molecule has 0 spiro atoms. The topological polar surface area (TPSA) is 102 Å². The summed E-state index contributed by atoms with van der Waals surface area (Å²) in [5.41, 5.74) is 0.740. The van der Waals surface area contributed by atoms with Gasteiger partial charge in [-0.2, -0.15) is 0 Å². The molecule has 2 aromatic heterocycles. The molecule has 110 valence electrons. The molecule has 0 saturated carbocycles. The van der Waals surface area contributed by atoms with Crippen LogP contribution in [0.2, 0.25) is 0 Å². The van der Waals surface area contributed by atoms with Crippen LogP contribution in [-0.4, -0.2) is 24.5 Å². The van der Waals surface area contributed by atoms with Crippen LogP contribution >= 0.6 is 0 Å². The van der Waals surface area contributed by atoms with Gasteiger partial charge in [-0.1, -0.05) is 11.2 Å². The molecule has 2 heterocycles. The Kier molecular flexibility index (Phi) is 4.18. The summed E-state index contributed by atoms with van der Waals surface area (Å²) < 4.78 is 30.9. The molecule has 2 aromatic rings. The highest BCUT2D eigenvalue weighted by Gasteiger charge is 2.25. The van der Waals surface area contributed by atoms with Crippen molar-refractivity contribution in [2.75, 3.05) is 0 Å². The molecule has 8 heteroatoms. The summed E-state index contributed by atoms with van der Waals surface area (Å²) in [6, 6.07) is 5.18. The van der Waals surface area contributed by atoms with Crippen molar-refractivity contribution >= 4 is 22.0 Å². The molecule has 2 rings (SSSR count). The number of nitrogens with one attached hydrogen (secondary N) is 1. The second kappa shape index (κ2) is 5.88. The third-order valence-electron chi connectivity index (χ3n) is 2.56. The summed E-state index contributed by atoms with van der Waals surface area (Å²) in [7, 11) is -4.01. The first kappa shape index (κ1) is 14.9. The van der Waals surface area contributed by atoms with Crippen molar-refractivity contribution in [3.8, 4) is 0 Å². The van der Waals surface area contributed by atoms with Crippen LogP contribution in [0.3, 0.4) is 0 Å². The van der Waals surface area contributed by atoms with Crippen molar-refractivity contribution in [1.82, 2.24) is 14.9 Å². The Labute approximate surface area is 121 Å². The lowest BCUT2D eigenvalue weighted by molar-refractivity contribution is -0.114. The highest BCUT2D eigenvalue weighted by Crippen LogP contribution is 2.18. The number of aromatic nitrogens is 2. The van der Waals surface area contributed by atoms with E-state index in [1.54, 1.807) is 24.4 Å². The number of carbonyl (C=O) groups is 1. The number of hydrogen-bond acceptors (Lipinski definition) is 6. The first-order valence-corrected chi connectivity index (χ1v) is 7.47. The molecule has 0 bridgehead atoms. The Hall–Kier alpha value is -2.48. The normalized spacial score (nSPS) is 11.7. The van der Waals surface area contributed by atoms with Crippen molar-refractivity contribution in [1.29, 1.82) is 0 Å². The molecule has 0 radical (unpaired) electrons. The number of nitrogens with zero attached hydrogens (tertiary/aromatic N) is 2. The highest BCUT2D eigenvalue weighted by atomic mass is 32.2. The van der Waals surface area contributed by atoms with Crippen molar-refractivity contribution in [2.45, 2.75) is 18.7 Å². The van der Waals surface area contributed by atoms with E-state index in [2.05, 4.69) is 10.1 Å². The first-order chi connectivity index (χ1) is 9.90. The molecular weight excluding hydrogens is 294 g/mol. The zero-order valence-corrected chi connectivity index (χ0v) is 12.2. The zero-order chi connectivity index (χ0) is 15.5. The Morgan fingerprint density at radius 3 is 2.67 bits per heavy atom. The fraction of sp³-hybridized carbons (Fsp3) is 0.154. The first-order valence-electron chi connectivity index (χ1n) is 5.99. The maximum Gasteiger partial charge on any atom is 0.269 e. The SMILES string of the molecule is Cc1noc(C)c1S(=O)(=O)NC(=O)/C=C/c1ccccn1. The molecule has 0 aliphatic heterocycles. The standard InChI is InChI=1S/C13H13N3O4S/c1-9-13(10(2)20-15-9)21(18,19)16-12(17)7-6-11-5-3-4-8-14-11/h3-8H,1-2H3,(H,16,17)/b7-6+. The molecule has 0 atom stereocenters. The number of carbonyl (C=O) groups excluding carboxylic acids is 1. The molecule has 1 amide bonds. The van der Waals surface area contributed by atoms with Crippen molar-refractivity contribution in [2.24, 2.45) is 0 Å². The molecule has 0 saturated heterocycles. The van der Waals surface area contributed by atoms with Crippen LogP contribution in [0.15, 0.2) is 39.9 Å². The van der Waals surface area contributed by atoms with Gasteiger partial charge in [-0.25, -0.2) is 13.1 Å². The van der Waals surface area contributed by atoms with Gasteiger partial charge in [-0.15, -0.1) is 0 Å². The summed E-state index contributed by atoms with van der Waals surface area (Å²) in [5.74, 6) is -0.651. The van der Waals surface area contributed by atoms with E-state index in [9.17, 15) is 13.2 Å². The van der Waals surface area contributed by atoms with Crippen LogP contribution in [-0.2, 0) is 14.8 Å². The second-order valence-corrected chi connectivity index (χ2v) is 5.83. The predicted molar refractivity (Wildman–Crippen MR) is 74.6 cm³/mol. The highest BCUT2D eigenvalue weighted by molar-refractivity contribution is 7.90. The number of pyridine rings is 1. The largest absolute Gasteiger partial charge is 0.360 e. The molecule has 0 aromatic carbocycles. The van der Waals surface area contributed by atoms with E-state index in [-0.39, 0.29) is 16.3 Å². The van der Waals surface area contributed by atoms with E-state index in [0.29, 0.717) is 5.69 Å². The van der Waals surface area contributed by atoms with Gasteiger partial charge in [0.1, 0.15) is 5.69 Å². The molecule has 1 N–H and O–H groups in total. The number of aryl methyl sites for hydroxylation is 2. The van der Waals surface area contributed by atoms with Gasteiger partial charge in [0.05, 0.1) is 5.69 Å². The van der Waals surface area contributed by atoms with E-state index in [1.807, 2.05) is 4.72 Å². The molecule has 0 aliphatic carbocycles. The summed E-state index contributed by atoms with van der Waals surface area (Å²) in [5, 5.41) is 3.55. The van der Waals surface area contributed by atoms with Crippen LogP contribution < -0.4 is 4.72 Å². The number of sulfonamides is 1. The van der Waals surface area contributed by atoms with Crippen molar-refractivity contribution < 1.29 is 17.7 Å². The van der Waals surface area contributed by atoms with Gasteiger partial charge < -0.3 is 4.52 Å². The molecule has 21 heavy (non-hydrogen) atoms. The third-order valence-corrected chi connectivity index (χ3v) is 4.16. The molecule has 0 aliphatic rings. The van der Waals surface area contributed by atoms with Gasteiger partial charge in [-0.3, -0.25) is 9.78 Å². The fourth-order valence-electron chi connectivity index (χ4n) is 1.71. The smallest absolute Gasteiger partial charge is 0.269 e. The van der Waals surface area contributed by atoms with Crippen LogP contribution in [0.25, 0.3) is 6.08 Å². The van der Waals surface area contributed by atoms with Gasteiger partial charge in [0.25, 0.3) is 15.9 Å². The average molecular weight is 307 g/mol. The van der Waals surface area contributed by atoms with Crippen molar-refractivity contribution in [3.63, 3.8) is 0 Å². The Morgan fingerprint density at radius 2 is 2.10 bits per heavy atom. The third kappa shape index (κ3) is 3.54. The number of rotatable bonds is 4. The van der Waals surface area contributed by atoms with Crippen LogP contribution in [0.4, 0.5) is 0 Å². The minimum Gasteiger partial charge on any atom is -0.360 e. The lowest BCUT2D eigenvalue weighted by atomic mass is 10.3. The monoisotopic (exact) mass is 307 g/mol. The maximum atomic E-state index is 12.1. The Bertz CT molecular complexity index is 760. The van der Waals surface area contributed by atoms with Gasteiger partial charge in [-0.05, 0) is 32.1 Å². The van der Waals surface area contributed by atoms with E-state index < -0.39 is 15.9 Å². The van der Waals surface area contributed by atoms with E-state index in [0.717, 1.165) is 6.08 Å². The summed E-state index contributed by atoms with van der Waals surface area (Å²) in [6.07, 6.45) is 4.08. The second-order valence-electron chi connectivity index (χ2n) is 4.21. The minimum atomic E-state index is -4.01. The fourth-order valence-corrected chi connectivity index (χ4v) is 2.99. The predicted octanol–water partition coefficient (Wildman–Crippen LogP) is 1.20. The average Bonchev–Trinajstić information content (AvgIpc) is 2.77. The lowest BCUT2D eigenvalue weighted by Crippen LogP contribution is -2.29. The summed E-state index contributed by atoms with van der Waals surface area (Å²) in [4.78, 5) is 15.6. The van der Waals surface area contributed by atoms with E-state index in [4.69, 9.17) is 4.52 Å². The van der Waals surface area contributed by atoms with Gasteiger partial charge in [0.2, 0.25) is 0 Å². The van der Waals surface area contributed by atoms with Gasteiger partial charge in [0, 0.05) is 12.3 Å². The number of amides is 1. The van der Waals surface area contributed by atoms with Gasteiger partial charge >= 0.3 is 0 Å². The van der Waals surface area contributed by atoms with Crippen LogP contribution in [0.1, 0.15) is 17.1 Å². The summed E-state index contributed by atoms with van der Waals surface area (Å²) >= 11 is 0. The maximum absolute atomic E-state index is 12.1. The lowest BCUT2D eigenvalue weighted by Gasteiger charge is -2.03. The van der Waals surface area contributed by atoms with E-state index >= 15 is 0 Å². The summed E-state index contributed by atoms with van der Waals surface area (Å²) in [6.45, 7) is 2.95. The van der Waals surface area contributed by atoms with E-state index in [1.165, 1.54) is 19.9 Å². The van der Waals surface area contributed by atoms with Crippen LogP contribution in [0, 0.1) is 13.8 Å². The molecule has 7 nitrogen and oxygen atoms in total. The Morgan fingerprint density at radius 1 is 1.33 bits per heavy atom. The van der Waals surface area contributed by atoms with Crippen molar-refractivity contribution in [3.05, 3.63) is 47.6 Å². The van der Waals surface area contributed by atoms with Gasteiger partial charge in [0.15, 0.2) is 10.7 Å². The quantitative estimate of drug-likeness (QED) is 0.852. The molecular formula is C13H13N3O4S. The number of hydrogen-bond donors (Lipinski definition) is 1. The zero-order valence-electron chi connectivity index (χ0n) is 11.4. The molecule has 0 fully saturated rings.